The Bertz CT molecular complexity index is 692. The van der Waals surface area contributed by atoms with Crippen molar-refractivity contribution >= 4 is 28.4 Å². The Labute approximate surface area is 129 Å². The largest absolute Gasteiger partial charge is 0.353 e. The summed E-state index contributed by atoms with van der Waals surface area (Å²) in [4.78, 5) is 29.6. The molecule has 114 valence electrons. The van der Waals surface area contributed by atoms with E-state index in [0.29, 0.717) is 13.1 Å². The standard InChI is InChI=1S/C17H19N3O2/c1-3-10-18-16(22)9-12-20(13(2)21)15-8-4-6-14-7-5-11-19-17(14)15/h3-8,11H,1,9-10,12H2,2H3,(H,18,22). The molecule has 2 aromatic rings. The molecular formula is C17H19N3O2. The average Bonchev–Trinajstić information content (AvgIpc) is 2.53. The molecule has 22 heavy (non-hydrogen) atoms. The molecule has 1 aromatic carbocycles. The van der Waals surface area contributed by atoms with Crippen LogP contribution in [0.15, 0.2) is 49.2 Å². The Morgan fingerprint density at radius 2 is 2.09 bits per heavy atom. The molecule has 5 nitrogen and oxygen atoms in total. The van der Waals surface area contributed by atoms with Crippen LogP contribution < -0.4 is 10.2 Å². The number of para-hydroxylation sites is 1. The highest BCUT2D eigenvalue weighted by Gasteiger charge is 2.16. The van der Waals surface area contributed by atoms with E-state index >= 15 is 0 Å². The number of aromatic nitrogens is 1. The highest BCUT2D eigenvalue weighted by atomic mass is 16.2. The molecule has 0 unspecified atom stereocenters. The summed E-state index contributed by atoms with van der Waals surface area (Å²) in [6.45, 7) is 5.78. The van der Waals surface area contributed by atoms with Gasteiger partial charge in [-0.05, 0) is 12.1 Å². The second-order valence-corrected chi connectivity index (χ2v) is 4.87. The van der Waals surface area contributed by atoms with E-state index < -0.39 is 0 Å². The molecule has 1 aromatic heterocycles. The highest BCUT2D eigenvalue weighted by Crippen LogP contribution is 2.25. The van der Waals surface area contributed by atoms with Gasteiger partial charge in [0.1, 0.15) is 0 Å². The van der Waals surface area contributed by atoms with Crippen LogP contribution in [0.25, 0.3) is 10.9 Å². The molecule has 0 bridgehead atoms. The van der Waals surface area contributed by atoms with Crippen LogP contribution in [0.1, 0.15) is 13.3 Å². The van der Waals surface area contributed by atoms with E-state index in [9.17, 15) is 9.59 Å². The summed E-state index contributed by atoms with van der Waals surface area (Å²) in [5, 5.41) is 3.67. The maximum absolute atomic E-state index is 12.0. The molecular weight excluding hydrogens is 278 g/mol. The van der Waals surface area contributed by atoms with Crippen molar-refractivity contribution in [1.29, 1.82) is 0 Å². The molecule has 0 fully saturated rings. The summed E-state index contributed by atoms with van der Waals surface area (Å²) >= 11 is 0. The van der Waals surface area contributed by atoms with E-state index in [1.54, 1.807) is 17.2 Å². The molecule has 0 spiro atoms. The van der Waals surface area contributed by atoms with Crippen LogP contribution in [-0.2, 0) is 9.59 Å². The van der Waals surface area contributed by atoms with E-state index in [2.05, 4.69) is 16.9 Å². The SMILES string of the molecule is C=CCNC(=O)CCN(C(C)=O)c1cccc2cccnc12. The summed E-state index contributed by atoms with van der Waals surface area (Å²) in [5.74, 6) is -0.228. The number of amides is 2. The fourth-order valence-corrected chi connectivity index (χ4v) is 2.24. The van der Waals surface area contributed by atoms with Gasteiger partial charge in [0.2, 0.25) is 11.8 Å². The van der Waals surface area contributed by atoms with E-state index in [1.165, 1.54) is 6.92 Å². The van der Waals surface area contributed by atoms with Gasteiger partial charge in [-0.3, -0.25) is 14.6 Å². The lowest BCUT2D eigenvalue weighted by molar-refractivity contribution is -0.120. The van der Waals surface area contributed by atoms with E-state index in [0.717, 1.165) is 16.6 Å². The molecule has 2 amide bonds. The minimum absolute atomic E-state index is 0.112. The number of fused-ring (bicyclic) bond motifs is 1. The molecule has 5 heteroatoms. The third-order valence-electron chi connectivity index (χ3n) is 3.29. The number of rotatable bonds is 6. The molecule has 0 aliphatic rings. The Balaban J connectivity index is 2.22. The fourth-order valence-electron chi connectivity index (χ4n) is 2.24. The van der Waals surface area contributed by atoms with Gasteiger partial charge in [-0.15, -0.1) is 6.58 Å². The Kier molecular flexibility index (Phi) is 5.25. The van der Waals surface area contributed by atoms with Crippen molar-refractivity contribution in [1.82, 2.24) is 10.3 Å². The van der Waals surface area contributed by atoms with Gasteiger partial charge in [0.25, 0.3) is 0 Å². The summed E-state index contributed by atoms with van der Waals surface area (Å²) in [5.41, 5.74) is 1.48. The first kappa shape index (κ1) is 15.7. The summed E-state index contributed by atoms with van der Waals surface area (Å²) in [7, 11) is 0. The first-order valence-corrected chi connectivity index (χ1v) is 7.13. The minimum Gasteiger partial charge on any atom is -0.353 e. The maximum atomic E-state index is 12.0. The molecule has 0 saturated carbocycles. The zero-order valence-electron chi connectivity index (χ0n) is 12.6. The molecule has 0 radical (unpaired) electrons. The van der Waals surface area contributed by atoms with Crippen LogP contribution in [0.4, 0.5) is 5.69 Å². The van der Waals surface area contributed by atoms with Crippen LogP contribution >= 0.6 is 0 Å². The lowest BCUT2D eigenvalue weighted by atomic mass is 10.1. The van der Waals surface area contributed by atoms with E-state index in [4.69, 9.17) is 0 Å². The number of carbonyl (C=O) groups is 2. The van der Waals surface area contributed by atoms with Crippen LogP contribution in [0, 0.1) is 0 Å². The summed E-state index contributed by atoms with van der Waals surface area (Å²) in [6.07, 6.45) is 3.55. The van der Waals surface area contributed by atoms with Gasteiger partial charge in [0, 0.05) is 38.0 Å². The second kappa shape index (κ2) is 7.36. The van der Waals surface area contributed by atoms with Gasteiger partial charge in [0.05, 0.1) is 11.2 Å². The normalized spacial score (nSPS) is 10.2. The number of hydrogen-bond donors (Lipinski definition) is 1. The number of anilines is 1. The van der Waals surface area contributed by atoms with Crippen LogP contribution in [0.5, 0.6) is 0 Å². The number of carbonyl (C=O) groups excluding carboxylic acids is 2. The summed E-state index contributed by atoms with van der Waals surface area (Å²) < 4.78 is 0. The number of nitrogens with zero attached hydrogens (tertiary/aromatic N) is 2. The lowest BCUT2D eigenvalue weighted by Crippen LogP contribution is -2.34. The molecule has 1 N–H and O–H groups in total. The quantitative estimate of drug-likeness (QED) is 0.832. The Morgan fingerprint density at radius 3 is 2.82 bits per heavy atom. The molecule has 1 heterocycles. The van der Waals surface area contributed by atoms with Crippen molar-refractivity contribution in [3.05, 3.63) is 49.2 Å². The Morgan fingerprint density at radius 1 is 1.32 bits per heavy atom. The van der Waals surface area contributed by atoms with Crippen molar-refractivity contribution in [3.8, 4) is 0 Å². The fraction of sp³-hybridized carbons (Fsp3) is 0.235. The molecule has 0 saturated heterocycles. The van der Waals surface area contributed by atoms with Crippen molar-refractivity contribution in [2.45, 2.75) is 13.3 Å². The van der Waals surface area contributed by atoms with Gasteiger partial charge in [-0.25, -0.2) is 0 Å². The van der Waals surface area contributed by atoms with Crippen LogP contribution in [0.3, 0.4) is 0 Å². The topological polar surface area (TPSA) is 62.3 Å². The van der Waals surface area contributed by atoms with Crippen molar-refractivity contribution < 1.29 is 9.59 Å². The van der Waals surface area contributed by atoms with Crippen LogP contribution in [0.2, 0.25) is 0 Å². The van der Waals surface area contributed by atoms with E-state index in [1.807, 2.05) is 30.3 Å². The molecule has 0 atom stereocenters. The van der Waals surface area contributed by atoms with Crippen molar-refractivity contribution in [2.75, 3.05) is 18.0 Å². The Hall–Kier alpha value is -2.69. The van der Waals surface area contributed by atoms with Gasteiger partial charge in [-0.1, -0.05) is 24.3 Å². The van der Waals surface area contributed by atoms with Crippen molar-refractivity contribution in [3.63, 3.8) is 0 Å². The van der Waals surface area contributed by atoms with E-state index in [-0.39, 0.29) is 18.2 Å². The van der Waals surface area contributed by atoms with Crippen LogP contribution in [-0.4, -0.2) is 29.9 Å². The number of pyridine rings is 1. The first-order chi connectivity index (χ1) is 10.6. The van der Waals surface area contributed by atoms with Gasteiger partial charge < -0.3 is 10.2 Å². The third kappa shape index (κ3) is 3.69. The number of hydrogen-bond acceptors (Lipinski definition) is 3. The third-order valence-corrected chi connectivity index (χ3v) is 3.29. The second-order valence-electron chi connectivity index (χ2n) is 4.87. The van der Waals surface area contributed by atoms with Gasteiger partial charge in [-0.2, -0.15) is 0 Å². The predicted molar refractivity (Wildman–Crippen MR) is 87.6 cm³/mol. The van der Waals surface area contributed by atoms with Gasteiger partial charge >= 0.3 is 0 Å². The lowest BCUT2D eigenvalue weighted by Gasteiger charge is -2.22. The average molecular weight is 297 g/mol. The monoisotopic (exact) mass is 297 g/mol. The minimum atomic E-state index is -0.116. The maximum Gasteiger partial charge on any atom is 0.223 e. The zero-order chi connectivity index (χ0) is 15.9. The summed E-state index contributed by atoms with van der Waals surface area (Å²) in [6, 6.07) is 9.47. The number of benzene rings is 1. The zero-order valence-corrected chi connectivity index (χ0v) is 12.6. The smallest absolute Gasteiger partial charge is 0.223 e. The van der Waals surface area contributed by atoms with Gasteiger partial charge in [0.15, 0.2) is 0 Å². The number of nitrogens with one attached hydrogen (secondary N) is 1. The molecule has 0 aliphatic carbocycles. The first-order valence-electron chi connectivity index (χ1n) is 7.13. The highest BCUT2D eigenvalue weighted by molar-refractivity contribution is 6.01. The molecule has 2 rings (SSSR count). The molecule has 0 aliphatic heterocycles. The van der Waals surface area contributed by atoms with Crippen molar-refractivity contribution in [2.24, 2.45) is 0 Å². The predicted octanol–water partition coefficient (Wildman–Crippen LogP) is 2.28.